The molecule has 8 N–H and O–H groups in total. The van der Waals surface area contributed by atoms with Crippen LogP contribution in [0, 0.1) is 0 Å². The molecule has 1 fully saturated rings. The summed E-state index contributed by atoms with van der Waals surface area (Å²) in [6, 6.07) is 7.98. The van der Waals surface area contributed by atoms with Gasteiger partial charge in [-0.1, -0.05) is 43.5 Å². The molecule has 32 heavy (non-hydrogen) atoms. The highest BCUT2D eigenvalue weighted by molar-refractivity contribution is 6.09. The van der Waals surface area contributed by atoms with E-state index in [1.54, 1.807) is 7.05 Å². The smallest absolute Gasteiger partial charge is 0.312 e. The van der Waals surface area contributed by atoms with Crippen LogP contribution in [0.25, 0.3) is 0 Å². The van der Waals surface area contributed by atoms with E-state index in [9.17, 15) is 4.79 Å². The average Bonchev–Trinajstić information content (AvgIpc) is 2.80. The zero-order chi connectivity index (χ0) is 23.1. The van der Waals surface area contributed by atoms with Crippen LogP contribution < -0.4 is 32.6 Å². The molecule has 2 amide bonds. The van der Waals surface area contributed by atoms with Gasteiger partial charge in [-0.25, -0.2) is 14.8 Å². The fourth-order valence-electron chi connectivity index (χ4n) is 3.92. The minimum absolute atomic E-state index is 0.268. The maximum absolute atomic E-state index is 9.71. The zero-order valence-corrected chi connectivity index (χ0v) is 18.6. The maximum Gasteiger partial charge on any atom is 0.312 e. The van der Waals surface area contributed by atoms with E-state index in [1.807, 2.05) is 6.92 Å². The van der Waals surface area contributed by atoms with Gasteiger partial charge in [0, 0.05) is 12.1 Å². The number of hydrogen-bond acceptors (Lipinski definition) is 8. The number of aromatic nitrogens is 2. The second-order valence-electron chi connectivity index (χ2n) is 7.81. The Morgan fingerprint density at radius 3 is 2.44 bits per heavy atom. The number of fused-ring (bicyclic) bond motifs is 1. The van der Waals surface area contributed by atoms with Crippen LogP contribution in [0.4, 0.5) is 16.3 Å². The molecule has 1 aromatic heterocycles. The quantitative estimate of drug-likeness (QED) is 0.454. The average molecular weight is 441 g/mol. The molecule has 10 nitrogen and oxygen atoms in total. The Hall–Kier alpha value is -3.24. The molecule has 1 atom stereocenters. The number of rotatable bonds is 4. The fourth-order valence-corrected chi connectivity index (χ4v) is 3.92. The first-order valence-electron chi connectivity index (χ1n) is 10.9. The molecule has 0 spiro atoms. The molecule has 0 bridgehead atoms. The van der Waals surface area contributed by atoms with Gasteiger partial charge in [-0.05, 0) is 38.3 Å². The number of nitrogens with one attached hydrogen (secondary N) is 2. The van der Waals surface area contributed by atoms with Crippen molar-refractivity contribution >= 4 is 23.2 Å². The molecule has 172 valence electrons. The summed E-state index contributed by atoms with van der Waals surface area (Å²) in [4.78, 5) is 22.4. The first kappa shape index (κ1) is 23.4. The van der Waals surface area contributed by atoms with E-state index in [2.05, 4.69) is 55.6 Å². The number of aliphatic imine (C=N–C) groups is 1. The van der Waals surface area contributed by atoms with Crippen molar-refractivity contribution in [3.63, 3.8) is 0 Å². The first-order chi connectivity index (χ1) is 15.4. The summed E-state index contributed by atoms with van der Waals surface area (Å²) < 4.78 is 5.87. The van der Waals surface area contributed by atoms with Crippen LogP contribution in [0.5, 0.6) is 5.88 Å². The zero-order valence-electron chi connectivity index (χ0n) is 18.6. The third kappa shape index (κ3) is 5.32. The number of carbonyl (C=O) groups excluding carboxylic acids is 1. The second-order valence-corrected chi connectivity index (χ2v) is 7.81. The van der Waals surface area contributed by atoms with E-state index in [-0.39, 0.29) is 11.7 Å². The Kier molecular flexibility index (Phi) is 7.60. The van der Waals surface area contributed by atoms with Gasteiger partial charge in [0.2, 0.25) is 5.88 Å². The predicted molar refractivity (Wildman–Crippen MR) is 125 cm³/mol. The minimum Gasteiger partial charge on any atom is -0.434 e. The molecule has 1 unspecified atom stereocenters. The van der Waals surface area contributed by atoms with Gasteiger partial charge in [0.1, 0.15) is 12.0 Å². The van der Waals surface area contributed by atoms with E-state index in [1.165, 1.54) is 44.0 Å². The van der Waals surface area contributed by atoms with Crippen LogP contribution >= 0.6 is 0 Å². The van der Waals surface area contributed by atoms with Crippen molar-refractivity contribution in [2.24, 2.45) is 16.5 Å². The van der Waals surface area contributed by atoms with Crippen molar-refractivity contribution in [3.05, 3.63) is 41.7 Å². The number of anilines is 1. The lowest BCUT2D eigenvalue weighted by Crippen LogP contribution is -2.64. The van der Waals surface area contributed by atoms with Crippen molar-refractivity contribution in [3.8, 4) is 5.88 Å². The van der Waals surface area contributed by atoms with Crippen LogP contribution in [0.1, 0.15) is 56.1 Å². The highest BCUT2D eigenvalue weighted by atomic mass is 16.5. The molecule has 1 aliphatic heterocycles. The van der Waals surface area contributed by atoms with Gasteiger partial charge in [-0.2, -0.15) is 4.98 Å². The van der Waals surface area contributed by atoms with Crippen LogP contribution in [-0.2, 0) is 0 Å². The van der Waals surface area contributed by atoms with Gasteiger partial charge in [-0.15, -0.1) is 0 Å². The molecular weight excluding hydrogens is 408 g/mol. The molecule has 2 aromatic rings. The summed E-state index contributed by atoms with van der Waals surface area (Å²) in [6.07, 6.45) is 7.85. The maximum atomic E-state index is 9.71. The highest BCUT2D eigenvalue weighted by Crippen LogP contribution is 2.37. The van der Waals surface area contributed by atoms with E-state index >= 15 is 0 Å². The summed E-state index contributed by atoms with van der Waals surface area (Å²) in [5, 5.41) is 5.34. The lowest BCUT2D eigenvalue weighted by atomic mass is 9.83. The molecule has 1 aromatic carbocycles. The van der Waals surface area contributed by atoms with Crippen molar-refractivity contribution < 1.29 is 9.53 Å². The van der Waals surface area contributed by atoms with Crippen molar-refractivity contribution in [1.29, 1.82) is 0 Å². The predicted octanol–water partition coefficient (Wildman–Crippen LogP) is 2.13. The highest BCUT2D eigenvalue weighted by Gasteiger charge is 2.39. The van der Waals surface area contributed by atoms with Crippen molar-refractivity contribution in [2.45, 2.75) is 50.8 Å². The van der Waals surface area contributed by atoms with E-state index < -0.39 is 11.9 Å². The normalized spacial score (nSPS) is 20.2. The van der Waals surface area contributed by atoms with E-state index in [0.29, 0.717) is 23.9 Å². The number of urea groups is 1. The number of benzene rings is 1. The lowest BCUT2D eigenvalue weighted by Gasteiger charge is -2.34. The molecule has 0 saturated heterocycles. The standard InChI is InChI=1S/C19H24N6O.C3H8N2O/c1-22-19(21)16(25-15-17(20)23-11-24-18(15)26-19)14-9-7-13(8-10-14)12-5-3-2-4-6-12;1-2-5-3(4)6/h7-12,22H,2-6,21H2,1H3,(H2,20,23,24);2H2,1H3,(H3,4,5,6). The Bertz CT molecular complexity index is 957. The number of likely N-dealkylation sites (N-methyl/N-ethyl adjacent to an activating group) is 1. The first-order valence-corrected chi connectivity index (χ1v) is 10.9. The topological polar surface area (TPSA) is 167 Å². The summed E-state index contributed by atoms with van der Waals surface area (Å²) in [7, 11) is 1.72. The molecule has 1 saturated carbocycles. The number of ether oxygens (including phenoxy) is 1. The van der Waals surface area contributed by atoms with Crippen molar-refractivity contribution in [2.75, 3.05) is 19.3 Å². The van der Waals surface area contributed by atoms with Crippen LogP contribution in [0.3, 0.4) is 0 Å². The second kappa shape index (κ2) is 10.4. The summed E-state index contributed by atoms with van der Waals surface area (Å²) in [5.41, 5.74) is 20.2. The SMILES string of the molecule is CCNC(N)=O.CNC1(N)Oc2ncnc(N)c2N=C1c1ccc(C2CCCCC2)cc1. The number of primary amides is 1. The monoisotopic (exact) mass is 440 g/mol. The third-order valence-corrected chi connectivity index (χ3v) is 5.63. The molecule has 2 aliphatic rings. The summed E-state index contributed by atoms with van der Waals surface area (Å²) in [6.45, 7) is 2.42. The summed E-state index contributed by atoms with van der Waals surface area (Å²) >= 11 is 0. The van der Waals surface area contributed by atoms with Crippen LogP contribution in [0.2, 0.25) is 0 Å². The van der Waals surface area contributed by atoms with E-state index in [0.717, 1.165) is 5.56 Å². The Balaban J connectivity index is 0.000000427. The third-order valence-electron chi connectivity index (χ3n) is 5.63. The number of amides is 2. The number of nitrogens with zero attached hydrogens (tertiary/aromatic N) is 3. The molecular formula is C22H32N8O2. The number of nitrogen functional groups attached to an aromatic ring is 1. The fraction of sp³-hybridized carbons (Fsp3) is 0.455. The molecule has 10 heteroatoms. The van der Waals surface area contributed by atoms with E-state index in [4.69, 9.17) is 16.2 Å². The number of hydrogen-bond donors (Lipinski definition) is 5. The van der Waals surface area contributed by atoms with Crippen molar-refractivity contribution in [1.82, 2.24) is 20.6 Å². The van der Waals surface area contributed by atoms with Gasteiger partial charge in [-0.3, -0.25) is 11.1 Å². The minimum atomic E-state index is -1.28. The number of nitrogens with two attached hydrogens (primary N) is 3. The van der Waals surface area contributed by atoms with Crippen LogP contribution in [0.15, 0.2) is 35.6 Å². The Morgan fingerprint density at radius 1 is 1.19 bits per heavy atom. The van der Waals surface area contributed by atoms with Gasteiger partial charge in [0.25, 0.3) is 5.85 Å². The van der Waals surface area contributed by atoms with Gasteiger partial charge < -0.3 is 21.5 Å². The Morgan fingerprint density at radius 2 is 1.88 bits per heavy atom. The molecule has 1 aliphatic carbocycles. The lowest BCUT2D eigenvalue weighted by molar-refractivity contribution is 0.110. The van der Waals surface area contributed by atoms with Gasteiger partial charge in [0.15, 0.2) is 11.5 Å². The molecule has 0 radical (unpaired) electrons. The van der Waals surface area contributed by atoms with Gasteiger partial charge >= 0.3 is 6.03 Å². The Labute approximate surface area is 188 Å². The molecule has 2 heterocycles. The summed E-state index contributed by atoms with van der Waals surface area (Å²) in [5.74, 6) is -0.0828. The molecule has 4 rings (SSSR count). The van der Waals surface area contributed by atoms with Crippen LogP contribution in [-0.4, -0.2) is 41.2 Å². The largest absolute Gasteiger partial charge is 0.434 e. The number of carbonyl (C=O) groups is 1. The van der Waals surface area contributed by atoms with Gasteiger partial charge in [0.05, 0.1) is 0 Å².